The molecular formula is C40H39ClFN3O7S. The van der Waals surface area contributed by atoms with Crippen LogP contribution in [0.1, 0.15) is 77.0 Å². The molecule has 0 radical (unpaired) electrons. The van der Waals surface area contributed by atoms with Crippen LogP contribution in [0, 0.1) is 11.7 Å². The van der Waals surface area contributed by atoms with Crippen LogP contribution in [0.25, 0.3) is 11.1 Å². The normalized spacial score (nSPS) is 11.4. The first-order valence-corrected chi connectivity index (χ1v) is 18.9. The second-order valence-corrected chi connectivity index (χ2v) is 14.7. The minimum absolute atomic E-state index is 0.0269. The van der Waals surface area contributed by atoms with Crippen LogP contribution in [-0.4, -0.2) is 42.4 Å². The number of esters is 1. The van der Waals surface area contributed by atoms with Crippen molar-refractivity contribution in [3.8, 4) is 11.1 Å². The number of ketones is 1. The van der Waals surface area contributed by atoms with Crippen LogP contribution >= 0.6 is 11.6 Å². The molecule has 1 heterocycles. The zero-order valence-corrected chi connectivity index (χ0v) is 31.0. The first-order chi connectivity index (χ1) is 25.4. The number of imidazole rings is 1. The maximum Gasteiger partial charge on any atom is 0.421 e. The van der Waals surface area contributed by atoms with Crippen LogP contribution < -0.4 is 4.72 Å². The fraction of sp³-hybridized carbons (Fsp3) is 0.250. The van der Waals surface area contributed by atoms with Crippen LogP contribution in [-0.2, 0) is 39.1 Å². The van der Waals surface area contributed by atoms with Crippen molar-refractivity contribution in [3.63, 3.8) is 0 Å². The van der Waals surface area contributed by atoms with Crippen molar-refractivity contribution in [2.24, 2.45) is 5.92 Å². The molecule has 0 bridgehead atoms. The standard InChI is InChI=1S/C40H39ClFN3O7S/c1-4-12-36-43-38(41)34(25-52-39(47)32-17-9-8-16-31(32)37(46)27-13-6-5-7-14-27)45(36)24-29-20-19-28(23-33(29)42)30-15-10-11-18-35(30)53(49,50)44-40(48)51-22-21-26(2)3/h5-11,13-20,23,26H,4,12,21-22,24-25H2,1-3H3,(H,44,48). The van der Waals surface area contributed by atoms with Crippen molar-refractivity contribution in [1.29, 1.82) is 0 Å². The molecule has 0 fully saturated rings. The molecule has 5 aromatic rings. The van der Waals surface area contributed by atoms with Gasteiger partial charge in [0.2, 0.25) is 0 Å². The Morgan fingerprint density at radius 3 is 2.28 bits per heavy atom. The summed E-state index contributed by atoms with van der Waals surface area (Å²) in [4.78, 5) is 43.1. The van der Waals surface area contributed by atoms with Crippen LogP contribution in [0.3, 0.4) is 0 Å². The highest BCUT2D eigenvalue weighted by Gasteiger charge is 2.25. The Kier molecular flexibility index (Phi) is 12.8. The van der Waals surface area contributed by atoms with Crippen LogP contribution in [0.4, 0.5) is 9.18 Å². The van der Waals surface area contributed by atoms with E-state index in [1.54, 1.807) is 65.2 Å². The molecule has 1 N–H and O–H groups in total. The Balaban J connectivity index is 1.37. The van der Waals surface area contributed by atoms with E-state index in [1.165, 1.54) is 36.4 Å². The summed E-state index contributed by atoms with van der Waals surface area (Å²) >= 11 is 6.56. The number of benzene rings is 4. The maximum atomic E-state index is 15.9. The molecule has 276 valence electrons. The van der Waals surface area contributed by atoms with Gasteiger partial charge < -0.3 is 14.0 Å². The van der Waals surface area contributed by atoms with Gasteiger partial charge in [0.05, 0.1) is 29.3 Å². The van der Waals surface area contributed by atoms with Gasteiger partial charge in [-0.05, 0) is 42.5 Å². The molecule has 0 saturated heterocycles. The lowest BCUT2D eigenvalue weighted by Crippen LogP contribution is -2.31. The number of carbonyl (C=O) groups excluding carboxylic acids is 3. The quantitative estimate of drug-likeness (QED) is 0.0831. The average Bonchev–Trinajstić information content (AvgIpc) is 3.43. The Labute approximate surface area is 313 Å². The number of hydrogen-bond acceptors (Lipinski definition) is 8. The Hall–Kier alpha value is -5.33. The minimum Gasteiger partial charge on any atom is -0.456 e. The lowest BCUT2D eigenvalue weighted by atomic mass is 9.98. The second kappa shape index (κ2) is 17.5. The Morgan fingerprint density at radius 2 is 1.58 bits per heavy atom. The summed E-state index contributed by atoms with van der Waals surface area (Å²) in [7, 11) is -4.36. The van der Waals surface area contributed by atoms with E-state index >= 15 is 4.39 Å². The third-order valence-electron chi connectivity index (χ3n) is 8.36. The highest BCUT2D eigenvalue weighted by atomic mass is 35.5. The number of aromatic nitrogens is 2. The number of halogens is 2. The summed E-state index contributed by atoms with van der Waals surface area (Å²) in [6, 6.07) is 25.2. The van der Waals surface area contributed by atoms with Gasteiger partial charge in [-0.1, -0.05) is 111 Å². The lowest BCUT2D eigenvalue weighted by molar-refractivity contribution is 0.0461. The van der Waals surface area contributed by atoms with Crippen molar-refractivity contribution < 1.29 is 36.7 Å². The highest BCUT2D eigenvalue weighted by molar-refractivity contribution is 7.90. The summed E-state index contributed by atoms with van der Waals surface area (Å²) < 4.78 is 56.6. The molecule has 10 nitrogen and oxygen atoms in total. The number of amides is 1. The van der Waals surface area contributed by atoms with Crippen molar-refractivity contribution >= 4 is 39.5 Å². The molecule has 0 spiro atoms. The molecular weight excluding hydrogens is 721 g/mol. The number of nitrogens with zero attached hydrogens (tertiary/aromatic N) is 2. The maximum absolute atomic E-state index is 15.9. The van der Waals surface area contributed by atoms with Gasteiger partial charge in [-0.3, -0.25) is 4.79 Å². The monoisotopic (exact) mass is 759 g/mol. The second-order valence-electron chi connectivity index (χ2n) is 12.6. The number of aryl methyl sites for hydroxylation is 1. The van der Waals surface area contributed by atoms with Crippen molar-refractivity contribution in [2.45, 2.75) is 58.1 Å². The van der Waals surface area contributed by atoms with Gasteiger partial charge in [0.25, 0.3) is 10.0 Å². The SMILES string of the molecule is CCCc1nc(Cl)c(COC(=O)c2ccccc2C(=O)c2ccccc2)n1Cc1ccc(-c2ccccc2S(=O)(=O)NC(=O)OCCC(C)C)cc1F. The Bertz CT molecular complexity index is 2220. The molecule has 0 aliphatic rings. The highest BCUT2D eigenvalue weighted by Crippen LogP contribution is 2.30. The van der Waals surface area contributed by atoms with E-state index in [9.17, 15) is 22.8 Å². The molecule has 13 heteroatoms. The fourth-order valence-electron chi connectivity index (χ4n) is 5.59. The molecule has 4 aromatic carbocycles. The number of sulfonamides is 1. The topological polar surface area (TPSA) is 134 Å². The molecule has 0 aliphatic carbocycles. The van der Waals surface area contributed by atoms with Crippen LogP contribution in [0.2, 0.25) is 5.15 Å². The zero-order chi connectivity index (χ0) is 38.1. The number of rotatable bonds is 15. The summed E-state index contributed by atoms with van der Waals surface area (Å²) in [6.45, 7) is 5.57. The number of carbonyl (C=O) groups is 3. The lowest BCUT2D eigenvalue weighted by Gasteiger charge is -2.15. The number of ether oxygens (including phenoxy) is 2. The van der Waals surface area contributed by atoms with Gasteiger partial charge in [-0.25, -0.2) is 32.1 Å². The van der Waals surface area contributed by atoms with Gasteiger partial charge in [-0.2, -0.15) is 0 Å². The van der Waals surface area contributed by atoms with Crippen molar-refractivity contribution in [1.82, 2.24) is 14.3 Å². The predicted octanol–water partition coefficient (Wildman–Crippen LogP) is 8.39. The molecule has 0 aliphatic heterocycles. The zero-order valence-electron chi connectivity index (χ0n) is 29.5. The summed E-state index contributed by atoms with van der Waals surface area (Å²) in [5.74, 6) is -0.902. The summed E-state index contributed by atoms with van der Waals surface area (Å²) in [6.07, 6.45) is 0.669. The predicted molar refractivity (Wildman–Crippen MR) is 199 cm³/mol. The number of nitrogens with one attached hydrogen (secondary N) is 1. The van der Waals surface area contributed by atoms with Gasteiger partial charge in [0, 0.05) is 28.7 Å². The van der Waals surface area contributed by atoms with E-state index in [1.807, 2.05) is 25.5 Å². The Morgan fingerprint density at radius 1 is 0.906 bits per heavy atom. The van der Waals surface area contributed by atoms with Crippen molar-refractivity contribution in [3.05, 3.63) is 142 Å². The molecule has 5 rings (SSSR count). The third kappa shape index (κ3) is 9.57. The van der Waals surface area contributed by atoms with Crippen molar-refractivity contribution in [2.75, 3.05) is 6.61 Å². The van der Waals surface area contributed by atoms with E-state index in [4.69, 9.17) is 21.1 Å². The largest absolute Gasteiger partial charge is 0.456 e. The third-order valence-corrected chi connectivity index (χ3v) is 10.0. The van der Waals surface area contributed by atoms with Crippen LogP contribution in [0.5, 0.6) is 0 Å². The molecule has 0 atom stereocenters. The van der Waals surface area contributed by atoms with E-state index in [0.29, 0.717) is 36.3 Å². The van der Waals surface area contributed by atoms with E-state index < -0.39 is 27.9 Å². The summed E-state index contributed by atoms with van der Waals surface area (Å²) in [5.41, 5.74) is 1.70. The first-order valence-electron chi connectivity index (χ1n) is 17.1. The number of hydrogen-bond donors (Lipinski definition) is 1. The molecule has 1 amide bonds. The van der Waals surface area contributed by atoms with E-state index in [2.05, 4.69) is 4.98 Å². The summed E-state index contributed by atoms with van der Waals surface area (Å²) in [5, 5.41) is 0.0845. The van der Waals surface area contributed by atoms with Gasteiger partial charge >= 0.3 is 12.1 Å². The van der Waals surface area contributed by atoms with Gasteiger partial charge in [0.1, 0.15) is 18.2 Å². The van der Waals surface area contributed by atoms with Gasteiger partial charge in [-0.15, -0.1) is 0 Å². The minimum atomic E-state index is -4.36. The first kappa shape index (κ1) is 38.9. The molecule has 0 unspecified atom stereocenters. The molecule has 53 heavy (non-hydrogen) atoms. The van der Waals surface area contributed by atoms with E-state index in [0.717, 1.165) is 0 Å². The van der Waals surface area contributed by atoms with Crippen LogP contribution in [0.15, 0.2) is 102 Å². The van der Waals surface area contributed by atoms with E-state index in [-0.39, 0.29) is 69.3 Å². The molecule has 1 aromatic heterocycles. The fourth-order valence-corrected chi connectivity index (χ4v) is 6.97. The average molecular weight is 760 g/mol. The smallest absolute Gasteiger partial charge is 0.421 e. The van der Waals surface area contributed by atoms with Gasteiger partial charge in [0.15, 0.2) is 10.9 Å². The molecule has 0 saturated carbocycles.